The molecule has 0 aliphatic carbocycles. The van der Waals surface area contributed by atoms with E-state index in [2.05, 4.69) is 13.8 Å². The Morgan fingerprint density at radius 3 is 2.69 bits per heavy atom. The summed E-state index contributed by atoms with van der Waals surface area (Å²) < 4.78 is 5.55. The Bertz CT molecular complexity index is 378. The van der Waals surface area contributed by atoms with Crippen molar-refractivity contribution in [1.29, 1.82) is 0 Å². The van der Waals surface area contributed by atoms with Crippen LogP contribution < -0.4 is 0 Å². The van der Waals surface area contributed by atoms with Gasteiger partial charge < -0.3 is 4.74 Å². The molecule has 3 heteroatoms. The first-order chi connectivity index (χ1) is 7.63. The Kier molecular flexibility index (Phi) is 3.78. The maximum absolute atomic E-state index is 6.19. The van der Waals surface area contributed by atoms with Crippen molar-refractivity contribution >= 4 is 23.2 Å². The monoisotopic (exact) mass is 258 g/mol. The lowest BCUT2D eigenvalue weighted by Crippen LogP contribution is -2.01. The number of ether oxygens (including phenoxy) is 1. The van der Waals surface area contributed by atoms with E-state index in [1.165, 1.54) is 0 Å². The summed E-state index contributed by atoms with van der Waals surface area (Å²) in [7, 11) is 0. The summed E-state index contributed by atoms with van der Waals surface area (Å²) in [6.45, 7) is 4.33. The van der Waals surface area contributed by atoms with Gasteiger partial charge >= 0.3 is 0 Å². The molecule has 1 aliphatic rings. The molecule has 88 valence electrons. The topological polar surface area (TPSA) is 12.5 Å². The lowest BCUT2D eigenvalue weighted by atomic mass is 9.95. The van der Waals surface area contributed by atoms with Crippen LogP contribution in [0, 0.1) is 0 Å². The first kappa shape index (κ1) is 12.2. The van der Waals surface area contributed by atoms with Crippen LogP contribution in [0.1, 0.15) is 38.2 Å². The maximum atomic E-state index is 6.19. The van der Waals surface area contributed by atoms with Gasteiger partial charge in [-0.05, 0) is 30.4 Å². The molecule has 3 atom stereocenters. The summed E-state index contributed by atoms with van der Waals surface area (Å²) in [4.78, 5) is 0. The molecule has 1 saturated heterocycles. The third-order valence-electron chi connectivity index (χ3n) is 3.19. The highest BCUT2D eigenvalue weighted by Crippen LogP contribution is 2.38. The number of epoxide rings is 1. The predicted molar refractivity (Wildman–Crippen MR) is 68.4 cm³/mol. The molecule has 3 unspecified atom stereocenters. The van der Waals surface area contributed by atoms with E-state index >= 15 is 0 Å². The number of halogens is 2. The lowest BCUT2D eigenvalue weighted by molar-refractivity contribution is 0.353. The second-order valence-corrected chi connectivity index (χ2v) is 5.19. The third-order valence-corrected chi connectivity index (χ3v) is 4.02. The molecule has 1 aromatic carbocycles. The van der Waals surface area contributed by atoms with Crippen molar-refractivity contribution in [3.63, 3.8) is 0 Å². The van der Waals surface area contributed by atoms with Gasteiger partial charge in [-0.1, -0.05) is 49.2 Å². The number of hydrogen-bond acceptors (Lipinski definition) is 1. The molecular weight excluding hydrogens is 243 g/mol. The third kappa shape index (κ3) is 2.53. The van der Waals surface area contributed by atoms with Crippen molar-refractivity contribution in [2.45, 2.75) is 44.8 Å². The molecule has 1 heterocycles. The zero-order valence-electron chi connectivity index (χ0n) is 9.54. The second-order valence-electron chi connectivity index (χ2n) is 4.40. The zero-order chi connectivity index (χ0) is 11.7. The van der Waals surface area contributed by atoms with Gasteiger partial charge in [-0.25, -0.2) is 0 Å². The summed E-state index contributed by atoms with van der Waals surface area (Å²) >= 11 is 12.2. The van der Waals surface area contributed by atoms with E-state index in [4.69, 9.17) is 27.9 Å². The van der Waals surface area contributed by atoms with Gasteiger partial charge in [-0.2, -0.15) is 0 Å². The Balaban J connectivity index is 2.04. The highest BCUT2D eigenvalue weighted by atomic mass is 35.5. The van der Waals surface area contributed by atoms with Crippen molar-refractivity contribution < 1.29 is 4.74 Å². The van der Waals surface area contributed by atoms with Crippen molar-refractivity contribution in [3.05, 3.63) is 33.8 Å². The first-order valence-corrected chi connectivity index (χ1v) is 6.48. The highest BCUT2D eigenvalue weighted by molar-refractivity contribution is 6.42. The van der Waals surface area contributed by atoms with Gasteiger partial charge in [-0.3, -0.25) is 0 Å². The minimum absolute atomic E-state index is 0.396. The lowest BCUT2D eigenvalue weighted by Gasteiger charge is -2.13. The molecule has 1 fully saturated rings. The van der Waals surface area contributed by atoms with Crippen LogP contribution in [0.3, 0.4) is 0 Å². The van der Waals surface area contributed by atoms with Gasteiger partial charge in [0.2, 0.25) is 0 Å². The first-order valence-electron chi connectivity index (χ1n) is 5.72. The minimum Gasteiger partial charge on any atom is -0.370 e. The quantitative estimate of drug-likeness (QED) is 0.716. The van der Waals surface area contributed by atoms with Crippen molar-refractivity contribution in [3.8, 4) is 0 Å². The SMILES string of the molecule is CCC1OC1CC(C)c1cccc(Cl)c1Cl. The Morgan fingerprint density at radius 2 is 2.06 bits per heavy atom. The fourth-order valence-corrected chi connectivity index (χ4v) is 2.62. The summed E-state index contributed by atoms with van der Waals surface area (Å²) in [6, 6.07) is 5.82. The average molecular weight is 259 g/mol. The van der Waals surface area contributed by atoms with Gasteiger partial charge in [0.1, 0.15) is 0 Å². The Hall–Kier alpha value is -0.240. The van der Waals surface area contributed by atoms with Gasteiger partial charge in [0, 0.05) is 0 Å². The minimum atomic E-state index is 0.396. The van der Waals surface area contributed by atoms with Gasteiger partial charge in [-0.15, -0.1) is 0 Å². The van der Waals surface area contributed by atoms with Crippen LogP contribution in [0.15, 0.2) is 18.2 Å². The van der Waals surface area contributed by atoms with Gasteiger partial charge in [0.15, 0.2) is 0 Å². The standard InChI is InChI=1S/C13H16Cl2O/c1-3-11-12(16-11)7-8(2)9-5-4-6-10(14)13(9)15/h4-6,8,11-12H,3,7H2,1-2H3. The molecule has 0 aromatic heterocycles. The normalized spacial score (nSPS) is 25.5. The Labute approximate surface area is 107 Å². The van der Waals surface area contributed by atoms with Gasteiger partial charge in [0.05, 0.1) is 22.3 Å². The average Bonchev–Trinajstić information content (AvgIpc) is 3.00. The van der Waals surface area contributed by atoms with Crippen LogP contribution >= 0.6 is 23.2 Å². The largest absolute Gasteiger partial charge is 0.370 e. The Morgan fingerprint density at radius 1 is 1.31 bits per heavy atom. The molecule has 1 nitrogen and oxygen atoms in total. The van der Waals surface area contributed by atoms with Crippen LogP contribution in [-0.2, 0) is 4.74 Å². The van der Waals surface area contributed by atoms with E-state index in [-0.39, 0.29) is 0 Å². The van der Waals surface area contributed by atoms with Crippen molar-refractivity contribution in [1.82, 2.24) is 0 Å². The van der Waals surface area contributed by atoms with E-state index < -0.39 is 0 Å². The van der Waals surface area contributed by atoms with E-state index in [0.29, 0.717) is 28.2 Å². The molecule has 16 heavy (non-hydrogen) atoms. The molecule has 0 saturated carbocycles. The summed E-state index contributed by atoms with van der Waals surface area (Å²) in [6.07, 6.45) is 3.00. The molecular formula is C13H16Cl2O. The summed E-state index contributed by atoms with van der Waals surface area (Å²) in [5.74, 6) is 0.396. The molecule has 1 aromatic rings. The van der Waals surface area contributed by atoms with E-state index in [0.717, 1.165) is 18.4 Å². The van der Waals surface area contributed by atoms with Crippen LogP contribution in [0.2, 0.25) is 10.0 Å². The van der Waals surface area contributed by atoms with Crippen LogP contribution in [0.4, 0.5) is 0 Å². The summed E-state index contributed by atoms with van der Waals surface area (Å²) in [5, 5.41) is 1.32. The predicted octanol–water partition coefficient (Wildman–Crippen LogP) is 4.66. The molecule has 0 spiro atoms. The molecule has 0 radical (unpaired) electrons. The fraction of sp³-hybridized carbons (Fsp3) is 0.538. The molecule has 2 rings (SSSR count). The molecule has 0 N–H and O–H groups in total. The van der Waals surface area contributed by atoms with Crippen LogP contribution in [0.5, 0.6) is 0 Å². The number of hydrogen-bond donors (Lipinski definition) is 0. The van der Waals surface area contributed by atoms with Crippen molar-refractivity contribution in [2.24, 2.45) is 0 Å². The van der Waals surface area contributed by atoms with Crippen LogP contribution in [-0.4, -0.2) is 12.2 Å². The maximum Gasteiger partial charge on any atom is 0.0847 e. The fourth-order valence-electron chi connectivity index (χ4n) is 2.12. The molecule has 1 aliphatic heterocycles. The van der Waals surface area contributed by atoms with Crippen LogP contribution in [0.25, 0.3) is 0 Å². The zero-order valence-corrected chi connectivity index (χ0v) is 11.1. The smallest absolute Gasteiger partial charge is 0.0847 e. The van der Waals surface area contributed by atoms with E-state index in [1.54, 1.807) is 0 Å². The van der Waals surface area contributed by atoms with Crippen molar-refractivity contribution in [2.75, 3.05) is 0 Å². The van der Waals surface area contributed by atoms with E-state index in [9.17, 15) is 0 Å². The molecule has 0 amide bonds. The van der Waals surface area contributed by atoms with Gasteiger partial charge in [0.25, 0.3) is 0 Å². The van der Waals surface area contributed by atoms with E-state index in [1.807, 2.05) is 18.2 Å². The number of rotatable bonds is 4. The molecule has 0 bridgehead atoms. The summed E-state index contributed by atoms with van der Waals surface area (Å²) in [5.41, 5.74) is 1.12. The highest BCUT2D eigenvalue weighted by Gasteiger charge is 2.38. The second kappa shape index (κ2) is 4.95. The number of benzene rings is 1.